The molecule has 0 heterocycles. The second-order valence-electron chi connectivity index (χ2n) is 3.40. The number of hydrogen-bond donors (Lipinski definition) is 2. The summed E-state index contributed by atoms with van der Waals surface area (Å²) in [7, 11) is 0. The van der Waals surface area contributed by atoms with Gasteiger partial charge in [0.05, 0.1) is 5.75 Å². The van der Waals surface area contributed by atoms with Crippen LogP contribution in [0.1, 0.15) is 6.42 Å². The van der Waals surface area contributed by atoms with Crippen LogP contribution in [0.3, 0.4) is 0 Å². The number of hydrogen-bond acceptors (Lipinski definition) is 3. The Balaban J connectivity index is 2.39. The minimum atomic E-state index is -0.712. The van der Waals surface area contributed by atoms with Crippen LogP contribution in [0.15, 0.2) is 18.2 Å². The van der Waals surface area contributed by atoms with Crippen molar-refractivity contribution >= 4 is 23.4 Å². The molecule has 0 saturated heterocycles. The van der Waals surface area contributed by atoms with Gasteiger partial charge >= 0.3 is 0 Å². The minimum absolute atomic E-state index is 0.131. The number of halogens is 2. The summed E-state index contributed by atoms with van der Waals surface area (Å²) in [5, 5.41) is 2.43. The lowest BCUT2D eigenvalue weighted by molar-refractivity contribution is -0.113. The zero-order valence-corrected chi connectivity index (χ0v) is 10.0. The number of amides is 1. The number of nitrogens with one attached hydrogen (secondary N) is 1. The predicted octanol–water partition coefficient (Wildman–Crippen LogP) is 1.99. The largest absolute Gasteiger partial charge is 0.330 e. The van der Waals surface area contributed by atoms with E-state index in [1.54, 1.807) is 0 Å². The SMILES string of the molecule is NCCCSCC(=O)Nc1cc(F)cc(F)c1. The molecule has 1 amide bonds. The quantitative estimate of drug-likeness (QED) is 0.769. The van der Waals surface area contributed by atoms with Gasteiger partial charge in [-0.2, -0.15) is 11.8 Å². The molecule has 1 rings (SSSR count). The molecule has 0 atom stereocenters. The Hall–Kier alpha value is -1.14. The fraction of sp³-hybridized carbons (Fsp3) is 0.364. The van der Waals surface area contributed by atoms with Gasteiger partial charge in [0.2, 0.25) is 5.91 Å². The van der Waals surface area contributed by atoms with Crippen molar-refractivity contribution in [2.45, 2.75) is 6.42 Å². The maximum absolute atomic E-state index is 12.8. The molecule has 0 aliphatic heterocycles. The molecule has 1 aromatic carbocycles. The molecule has 1 aromatic rings. The van der Waals surface area contributed by atoms with Crippen molar-refractivity contribution in [3.8, 4) is 0 Å². The summed E-state index contributed by atoms with van der Waals surface area (Å²) >= 11 is 1.43. The van der Waals surface area contributed by atoms with Crippen LogP contribution in [0.2, 0.25) is 0 Å². The summed E-state index contributed by atoms with van der Waals surface area (Å²) in [6.45, 7) is 0.587. The van der Waals surface area contributed by atoms with E-state index in [1.807, 2.05) is 0 Å². The van der Waals surface area contributed by atoms with Gasteiger partial charge in [-0.1, -0.05) is 0 Å². The van der Waals surface area contributed by atoms with E-state index < -0.39 is 11.6 Å². The second kappa shape index (κ2) is 7.24. The molecule has 3 N–H and O–H groups in total. The van der Waals surface area contributed by atoms with Gasteiger partial charge in [0.15, 0.2) is 0 Å². The van der Waals surface area contributed by atoms with Crippen LogP contribution in [0.4, 0.5) is 14.5 Å². The van der Waals surface area contributed by atoms with Crippen molar-refractivity contribution in [2.24, 2.45) is 5.73 Å². The molecular formula is C11H14F2N2OS. The standard InChI is InChI=1S/C11H14F2N2OS/c12-8-4-9(13)6-10(5-8)15-11(16)7-17-3-1-2-14/h4-6H,1-3,7,14H2,(H,15,16). The molecule has 0 bridgehead atoms. The highest BCUT2D eigenvalue weighted by molar-refractivity contribution is 7.99. The zero-order valence-electron chi connectivity index (χ0n) is 9.21. The molecule has 0 aliphatic rings. The Kier molecular flexibility index (Phi) is 5.93. The topological polar surface area (TPSA) is 55.1 Å². The first-order valence-corrected chi connectivity index (χ1v) is 6.31. The van der Waals surface area contributed by atoms with Crippen molar-refractivity contribution in [3.63, 3.8) is 0 Å². The van der Waals surface area contributed by atoms with Crippen LogP contribution in [-0.4, -0.2) is 24.0 Å². The van der Waals surface area contributed by atoms with Crippen molar-refractivity contribution in [3.05, 3.63) is 29.8 Å². The van der Waals surface area contributed by atoms with Crippen LogP contribution < -0.4 is 11.1 Å². The first-order chi connectivity index (χ1) is 8.11. The number of carbonyl (C=O) groups is 1. The van der Waals surface area contributed by atoms with Gasteiger partial charge in [0.25, 0.3) is 0 Å². The highest BCUT2D eigenvalue weighted by atomic mass is 32.2. The average Bonchev–Trinajstić information content (AvgIpc) is 2.23. The van der Waals surface area contributed by atoms with E-state index in [-0.39, 0.29) is 17.3 Å². The molecule has 0 saturated carbocycles. The van der Waals surface area contributed by atoms with E-state index in [0.717, 1.165) is 30.4 Å². The first kappa shape index (κ1) is 13.9. The van der Waals surface area contributed by atoms with E-state index in [4.69, 9.17) is 5.73 Å². The fourth-order valence-corrected chi connectivity index (χ4v) is 1.95. The smallest absolute Gasteiger partial charge is 0.234 e. The summed E-state index contributed by atoms with van der Waals surface area (Å²) in [6.07, 6.45) is 0.840. The minimum Gasteiger partial charge on any atom is -0.330 e. The zero-order chi connectivity index (χ0) is 12.7. The average molecular weight is 260 g/mol. The number of benzene rings is 1. The molecular weight excluding hydrogens is 246 g/mol. The maximum Gasteiger partial charge on any atom is 0.234 e. The number of nitrogens with two attached hydrogens (primary N) is 1. The highest BCUT2D eigenvalue weighted by Gasteiger charge is 2.05. The van der Waals surface area contributed by atoms with Crippen LogP contribution in [0.25, 0.3) is 0 Å². The number of carbonyl (C=O) groups excluding carboxylic acids is 1. The second-order valence-corrected chi connectivity index (χ2v) is 4.51. The first-order valence-electron chi connectivity index (χ1n) is 5.15. The van der Waals surface area contributed by atoms with Crippen LogP contribution in [-0.2, 0) is 4.79 Å². The lowest BCUT2D eigenvalue weighted by atomic mass is 10.3. The summed E-state index contributed by atoms with van der Waals surface area (Å²) < 4.78 is 25.6. The van der Waals surface area contributed by atoms with Crippen molar-refractivity contribution in [1.82, 2.24) is 0 Å². The molecule has 17 heavy (non-hydrogen) atoms. The van der Waals surface area contributed by atoms with E-state index in [1.165, 1.54) is 11.8 Å². The number of anilines is 1. The molecule has 6 heteroatoms. The van der Waals surface area contributed by atoms with Gasteiger partial charge < -0.3 is 11.1 Å². The molecule has 3 nitrogen and oxygen atoms in total. The van der Waals surface area contributed by atoms with E-state index in [0.29, 0.717) is 6.54 Å². The Labute approximate surface area is 103 Å². The lowest BCUT2D eigenvalue weighted by Gasteiger charge is -2.05. The molecule has 0 spiro atoms. The predicted molar refractivity (Wildman–Crippen MR) is 66.0 cm³/mol. The molecule has 0 aliphatic carbocycles. The number of rotatable bonds is 6. The fourth-order valence-electron chi connectivity index (χ4n) is 1.17. The van der Waals surface area contributed by atoms with E-state index >= 15 is 0 Å². The highest BCUT2D eigenvalue weighted by Crippen LogP contribution is 2.13. The Bertz CT molecular complexity index is 367. The van der Waals surface area contributed by atoms with E-state index in [9.17, 15) is 13.6 Å². The third-order valence-electron chi connectivity index (χ3n) is 1.87. The van der Waals surface area contributed by atoms with Crippen molar-refractivity contribution in [2.75, 3.05) is 23.4 Å². The van der Waals surface area contributed by atoms with Crippen LogP contribution in [0, 0.1) is 11.6 Å². The Morgan fingerprint density at radius 3 is 2.53 bits per heavy atom. The van der Waals surface area contributed by atoms with Gasteiger partial charge in [0, 0.05) is 11.8 Å². The molecule has 0 unspecified atom stereocenters. The van der Waals surface area contributed by atoms with Crippen molar-refractivity contribution < 1.29 is 13.6 Å². The molecule has 0 radical (unpaired) electrons. The maximum atomic E-state index is 12.8. The Morgan fingerprint density at radius 2 is 1.94 bits per heavy atom. The molecule has 0 fully saturated rings. The summed E-state index contributed by atoms with van der Waals surface area (Å²) in [5.74, 6) is -0.663. The third kappa shape index (κ3) is 5.65. The van der Waals surface area contributed by atoms with Gasteiger partial charge in [0.1, 0.15) is 11.6 Å². The summed E-state index contributed by atoms with van der Waals surface area (Å²) in [6, 6.07) is 2.91. The monoisotopic (exact) mass is 260 g/mol. The number of thioether (sulfide) groups is 1. The van der Waals surface area contributed by atoms with Crippen LogP contribution >= 0.6 is 11.8 Å². The van der Waals surface area contributed by atoms with Crippen molar-refractivity contribution in [1.29, 1.82) is 0 Å². The lowest BCUT2D eigenvalue weighted by Crippen LogP contribution is -2.15. The molecule has 0 aromatic heterocycles. The van der Waals surface area contributed by atoms with E-state index in [2.05, 4.69) is 5.32 Å². The molecule has 94 valence electrons. The van der Waals surface area contributed by atoms with Crippen LogP contribution in [0.5, 0.6) is 0 Å². The van der Waals surface area contributed by atoms with Gasteiger partial charge in [-0.05, 0) is 30.9 Å². The van der Waals surface area contributed by atoms with Gasteiger partial charge in [-0.15, -0.1) is 0 Å². The Morgan fingerprint density at radius 1 is 1.29 bits per heavy atom. The summed E-state index contributed by atoms with van der Waals surface area (Å²) in [5.41, 5.74) is 5.44. The third-order valence-corrected chi connectivity index (χ3v) is 2.92. The van der Waals surface area contributed by atoms with Gasteiger partial charge in [-0.25, -0.2) is 8.78 Å². The summed E-state index contributed by atoms with van der Waals surface area (Å²) in [4.78, 5) is 11.4. The van der Waals surface area contributed by atoms with Gasteiger partial charge in [-0.3, -0.25) is 4.79 Å². The normalized spacial score (nSPS) is 10.3.